The van der Waals surface area contributed by atoms with Crippen molar-refractivity contribution in [3.63, 3.8) is 0 Å². The van der Waals surface area contributed by atoms with Crippen LogP contribution in [-0.2, 0) is 0 Å². The molecule has 0 radical (unpaired) electrons. The Balaban J connectivity index is 0.000000134. The molecule has 0 aromatic carbocycles. The van der Waals surface area contributed by atoms with E-state index in [2.05, 4.69) is 25.1 Å². The van der Waals surface area contributed by atoms with E-state index in [1.165, 1.54) is 16.7 Å². The number of rotatable bonds is 0. The van der Waals surface area contributed by atoms with Crippen LogP contribution in [0.3, 0.4) is 0 Å². The molecule has 0 saturated carbocycles. The SMILES string of the molecule is Cc1cc2ccc1-2.OB(O)O. The van der Waals surface area contributed by atoms with Gasteiger partial charge in [0.15, 0.2) is 0 Å². The molecule has 2 aliphatic rings. The van der Waals surface area contributed by atoms with Crippen LogP contribution < -0.4 is 0 Å². The summed E-state index contributed by atoms with van der Waals surface area (Å²) in [6.07, 6.45) is 0. The van der Waals surface area contributed by atoms with Crippen LogP contribution in [0.4, 0.5) is 0 Å². The van der Waals surface area contributed by atoms with Crippen molar-refractivity contribution in [3.05, 3.63) is 23.8 Å². The van der Waals surface area contributed by atoms with Gasteiger partial charge < -0.3 is 15.1 Å². The van der Waals surface area contributed by atoms with Gasteiger partial charge in [0, 0.05) is 0 Å². The molecular weight excluding hydrogens is 143 g/mol. The second-order valence-corrected chi connectivity index (χ2v) is 2.38. The second-order valence-electron chi connectivity index (χ2n) is 2.38. The lowest BCUT2D eigenvalue weighted by atomic mass is 9.88. The summed E-state index contributed by atoms with van der Waals surface area (Å²) < 4.78 is 0. The molecule has 0 atom stereocenters. The largest absolute Gasteiger partial charge is 0.631 e. The molecular formula is C7H9BO3. The van der Waals surface area contributed by atoms with Gasteiger partial charge in [0.1, 0.15) is 0 Å². The molecule has 0 spiro atoms. The highest BCUT2D eigenvalue weighted by Gasteiger charge is 2.10. The second kappa shape index (κ2) is 3.05. The Morgan fingerprint density at radius 3 is 1.73 bits per heavy atom. The van der Waals surface area contributed by atoms with Gasteiger partial charge in [-0.05, 0) is 23.6 Å². The van der Waals surface area contributed by atoms with Crippen LogP contribution in [0.1, 0.15) is 5.56 Å². The van der Waals surface area contributed by atoms with Gasteiger partial charge in [0.25, 0.3) is 0 Å². The van der Waals surface area contributed by atoms with Gasteiger partial charge in [-0.2, -0.15) is 0 Å². The molecule has 0 aromatic rings. The first kappa shape index (κ1) is 8.26. The Morgan fingerprint density at radius 1 is 1.18 bits per heavy atom. The van der Waals surface area contributed by atoms with Crippen molar-refractivity contribution in [2.24, 2.45) is 0 Å². The van der Waals surface area contributed by atoms with Crippen molar-refractivity contribution < 1.29 is 15.1 Å². The van der Waals surface area contributed by atoms with Gasteiger partial charge in [-0.3, -0.25) is 0 Å². The van der Waals surface area contributed by atoms with E-state index in [0.29, 0.717) is 0 Å². The van der Waals surface area contributed by atoms with Crippen molar-refractivity contribution >= 4 is 7.32 Å². The fraction of sp³-hybridized carbons (Fsp3) is 0.143. The lowest BCUT2D eigenvalue weighted by Crippen LogP contribution is -2.07. The summed E-state index contributed by atoms with van der Waals surface area (Å²) in [6, 6.07) is 6.50. The van der Waals surface area contributed by atoms with Crippen LogP contribution >= 0.6 is 0 Å². The average Bonchev–Trinajstić information content (AvgIpc) is 1.81. The third-order valence-electron chi connectivity index (χ3n) is 1.54. The minimum absolute atomic E-state index is 1.44. The zero-order chi connectivity index (χ0) is 8.43. The molecule has 0 heterocycles. The van der Waals surface area contributed by atoms with Crippen LogP contribution in [0.2, 0.25) is 0 Å². The molecule has 0 unspecified atom stereocenters. The standard InChI is InChI=1S/C7H6.BH3O3/c1-5-4-6-2-3-7(5)6;2-1(3)4/h2-4H,1H3;2-4H. The molecule has 3 N–H and O–H groups in total. The molecule has 2 rings (SSSR count). The molecule has 0 aliphatic heterocycles. The van der Waals surface area contributed by atoms with Gasteiger partial charge in [-0.15, -0.1) is 0 Å². The van der Waals surface area contributed by atoms with Gasteiger partial charge in [-0.1, -0.05) is 18.2 Å². The Morgan fingerprint density at radius 2 is 1.73 bits per heavy atom. The molecule has 4 heteroatoms. The van der Waals surface area contributed by atoms with Crippen molar-refractivity contribution in [2.75, 3.05) is 0 Å². The number of aryl methyl sites for hydroxylation is 1. The molecule has 0 bridgehead atoms. The summed E-state index contributed by atoms with van der Waals surface area (Å²) in [5.41, 5.74) is 4.36. The number of hydrogen-bond acceptors (Lipinski definition) is 3. The zero-order valence-electron chi connectivity index (χ0n) is 6.15. The predicted octanol–water partition coefficient (Wildman–Crippen LogP) is -0.0764. The molecule has 0 amide bonds. The third kappa shape index (κ3) is 1.80. The van der Waals surface area contributed by atoms with Crippen LogP contribution in [0.15, 0.2) is 18.2 Å². The fourth-order valence-corrected chi connectivity index (χ4v) is 0.981. The maximum atomic E-state index is 7.17. The van der Waals surface area contributed by atoms with Gasteiger partial charge >= 0.3 is 7.32 Å². The van der Waals surface area contributed by atoms with Crippen molar-refractivity contribution in [2.45, 2.75) is 6.92 Å². The van der Waals surface area contributed by atoms with E-state index in [0.717, 1.165) is 0 Å². The van der Waals surface area contributed by atoms with E-state index in [4.69, 9.17) is 15.1 Å². The highest BCUT2D eigenvalue weighted by Crippen LogP contribution is 2.35. The van der Waals surface area contributed by atoms with Crippen LogP contribution in [0.5, 0.6) is 0 Å². The first-order chi connectivity index (χ1) is 5.11. The third-order valence-corrected chi connectivity index (χ3v) is 1.54. The normalized spacial score (nSPS) is 9.82. The molecule has 3 nitrogen and oxygen atoms in total. The first-order valence-electron chi connectivity index (χ1n) is 3.26. The minimum Gasteiger partial charge on any atom is -0.402 e. The molecule has 0 fully saturated rings. The zero-order valence-corrected chi connectivity index (χ0v) is 6.15. The van der Waals surface area contributed by atoms with Gasteiger partial charge in [0.05, 0.1) is 0 Å². The Bertz CT molecular complexity index is 257. The number of benzene rings is 1. The summed E-state index contributed by atoms with van der Waals surface area (Å²) >= 11 is 0. The van der Waals surface area contributed by atoms with E-state index < -0.39 is 7.32 Å². The number of hydrogen-bond donors (Lipinski definition) is 3. The minimum atomic E-state index is -2.17. The molecule has 0 aromatic heterocycles. The predicted molar refractivity (Wildman–Crippen MR) is 42.6 cm³/mol. The monoisotopic (exact) mass is 152 g/mol. The van der Waals surface area contributed by atoms with Gasteiger partial charge in [-0.25, -0.2) is 0 Å². The van der Waals surface area contributed by atoms with Crippen molar-refractivity contribution in [1.29, 1.82) is 0 Å². The maximum Gasteiger partial charge on any atom is 0.631 e. The summed E-state index contributed by atoms with van der Waals surface area (Å²) in [5.74, 6) is 0. The lowest BCUT2D eigenvalue weighted by Gasteiger charge is -2.17. The summed E-state index contributed by atoms with van der Waals surface area (Å²) in [5, 5.41) is 21.5. The van der Waals surface area contributed by atoms with Crippen molar-refractivity contribution in [3.8, 4) is 11.1 Å². The number of fused-ring (bicyclic) bond motifs is 1. The Hall–Kier alpha value is -0.835. The van der Waals surface area contributed by atoms with Crippen LogP contribution in [-0.4, -0.2) is 22.4 Å². The van der Waals surface area contributed by atoms with E-state index in [1.807, 2.05) is 0 Å². The van der Waals surface area contributed by atoms with Gasteiger partial charge in [0.2, 0.25) is 0 Å². The van der Waals surface area contributed by atoms with E-state index in [9.17, 15) is 0 Å². The Labute approximate surface area is 65.1 Å². The quantitative estimate of drug-likeness (QED) is 0.462. The smallest absolute Gasteiger partial charge is 0.402 e. The van der Waals surface area contributed by atoms with E-state index in [-0.39, 0.29) is 0 Å². The summed E-state index contributed by atoms with van der Waals surface area (Å²) in [6.45, 7) is 2.14. The molecule has 58 valence electrons. The molecule has 11 heavy (non-hydrogen) atoms. The highest BCUT2D eigenvalue weighted by molar-refractivity contribution is 6.30. The van der Waals surface area contributed by atoms with Crippen LogP contribution in [0, 0.1) is 6.92 Å². The first-order valence-corrected chi connectivity index (χ1v) is 3.26. The topological polar surface area (TPSA) is 60.7 Å². The van der Waals surface area contributed by atoms with E-state index in [1.54, 1.807) is 0 Å². The average molecular weight is 152 g/mol. The van der Waals surface area contributed by atoms with Crippen LogP contribution in [0.25, 0.3) is 11.1 Å². The van der Waals surface area contributed by atoms with Crippen molar-refractivity contribution in [1.82, 2.24) is 0 Å². The summed E-state index contributed by atoms with van der Waals surface area (Å²) in [7, 11) is -2.17. The maximum absolute atomic E-state index is 7.17. The Kier molecular flexibility index (Phi) is 2.29. The fourth-order valence-electron chi connectivity index (χ4n) is 0.981. The lowest BCUT2D eigenvalue weighted by molar-refractivity contribution is 0.278. The van der Waals surface area contributed by atoms with E-state index >= 15 is 0 Å². The molecule has 2 aliphatic carbocycles. The summed E-state index contributed by atoms with van der Waals surface area (Å²) in [4.78, 5) is 0. The highest BCUT2D eigenvalue weighted by atomic mass is 16.5. The molecule has 0 saturated heterocycles.